The van der Waals surface area contributed by atoms with Crippen molar-refractivity contribution in [3.8, 4) is 0 Å². The average molecular weight is 348 g/mol. The van der Waals surface area contributed by atoms with Gasteiger partial charge in [-0.05, 0) is 29.0 Å². The van der Waals surface area contributed by atoms with Crippen LogP contribution in [0.2, 0.25) is 0 Å². The number of nitrogens with two attached hydrogens (primary N) is 1. The zero-order valence-electron chi connectivity index (χ0n) is 9.02. The highest BCUT2D eigenvalue weighted by molar-refractivity contribution is 14.1. The van der Waals surface area contributed by atoms with Crippen LogP contribution in [-0.2, 0) is 4.74 Å². The summed E-state index contributed by atoms with van der Waals surface area (Å²) in [5.74, 6) is 1.04. The van der Waals surface area contributed by atoms with E-state index in [1.807, 2.05) is 22.6 Å². The Morgan fingerprint density at radius 3 is 3.29 bits per heavy atom. The van der Waals surface area contributed by atoms with E-state index in [2.05, 4.69) is 15.3 Å². The lowest BCUT2D eigenvalue weighted by Crippen LogP contribution is -2.65. The number of aromatic amines is 1. The molecule has 4 N–H and O–H groups in total. The SMILES string of the molecule is NC1C2CCOC2C1Nc1nc[nH]c(=O)c1I. The normalized spacial score (nSPS) is 35.2. The van der Waals surface area contributed by atoms with Crippen LogP contribution in [0.3, 0.4) is 0 Å². The van der Waals surface area contributed by atoms with Gasteiger partial charge >= 0.3 is 0 Å². The summed E-state index contributed by atoms with van der Waals surface area (Å²) in [4.78, 5) is 18.1. The van der Waals surface area contributed by atoms with Gasteiger partial charge in [0.1, 0.15) is 9.39 Å². The van der Waals surface area contributed by atoms with Crippen molar-refractivity contribution < 1.29 is 4.74 Å². The van der Waals surface area contributed by atoms with E-state index in [0.717, 1.165) is 13.0 Å². The summed E-state index contributed by atoms with van der Waals surface area (Å²) in [6.07, 6.45) is 2.59. The molecule has 1 aromatic heterocycles. The molecule has 1 saturated heterocycles. The predicted octanol–water partition coefficient (Wildman–Crippen LogP) is -0.0990. The number of rotatable bonds is 2. The lowest BCUT2D eigenvalue weighted by Gasteiger charge is -2.45. The molecule has 4 unspecified atom stereocenters. The number of nitrogens with one attached hydrogen (secondary N) is 2. The van der Waals surface area contributed by atoms with E-state index in [9.17, 15) is 4.79 Å². The molecule has 1 saturated carbocycles. The molecule has 1 aromatic rings. The summed E-state index contributed by atoms with van der Waals surface area (Å²) in [5, 5.41) is 3.22. The van der Waals surface area contributed by atoms with Gasteiger partial charge in [0.25, 0.3) is 5.56 Å². The summed E-state index contributed by atoms with van der Waals surface area (Å²) in [6, 6.07) is 0.143. The third-order valence-electron chi connectivity index (χ3n) is 3.55. The van der Waals surface area contributed by atoms with Gasteiger partial charge in [0, 0.05) is 18.6 Å². The largest absolute Gasteiger partial charge is 0.376 e. The molecule has 2 aliphatic rings. The lowest BCUT2D eigenvalue weighted by atomic mass is 9.72. The monoisotopic (exact) mass is 348 g/mol. The number of fused-ring (bicyclic) bond motifs is 1. The maximum atomic E-state index is 11.4. The van der Waals surface area contributed by atoms with Crippen LogP contribution in [0, 0.1) is 9.49 Å². The Balaban J connectivity index is 1.79. The maximum absolute atomic E-state index is 11.4. The molecule has 4 atom stereocenters. The smallest absolute Gasteiger partial charge is 0.266 e. The van der Waals surface area contributed by atoms with E-state index in [0.29, 0.717) is 15.3 Å². The standard InChI is InChI=1S/C10H13IN4O2/c11-5-9(13-3-14-10(5)16)15-7-6(12)4-1-2-17-8(4)7/h3-4,6-8H,1-2,12H2,(H2,13,14,15,16). The van der Waals surface area contributed by atoms with Gasteiger partial charge in [-0.25, -0.2) is 4.98 Å². The summed E-state index contributed by atoms with van der Waals surface area (Å²) in [7, 11) is 0. The van der Waals surface area contributed by atoms with Gasteiger partial charge < -0.3 is 20.8 Å². The van der Waals surface area contributed by atoms with Crippen molar-refractivity contribution in [2.24, 2.45) is 11.7 Å². The first-order valence-electron chi connectivity index (χ1n) is 5.55. The Hall–Kier alpha value is -0.670. The van der Waals surface area contributed by atoms with Gasteiger partial charge in [-0.1, -0.05) is 0 Å². The molecule has 3 rings (SSSR count). The van der Waals surface area contributed by atoms with Crippen molar-refractivity contribution in [2.75, 3.05) is 11.9 Å². The number of anilines is 1. The zero-order chi connectivity index (χ0) is 12.0. The van der Waals surface area contributed by atoms with Crippen molar-refractivity contribution in [1.29, 1.82) is 0 Å². The lowest BCUT2D eigenvalue weighted by molar-refractivity contribution is 0.00520. The highest BCUT2D eigenvalue weighted by Crippen LogP contribution is 2.39. The van der Waals surface area contributed by atoms with Crippen LogP contribution in [0.1, 0.15) is 6.42 Å². The van der Waals surface area contributed by atoms with Crippen LogP contribution < -0.4 is 16.6 Å². The van der Waals surface area contributed by atoms with Crippen LogP contribution in [0.15, 0.2) is 11.1 Å². The third-order valence-corrected chi connectivity index (χ3v) is 4.55. The molecule has 92 valence electrons. The molecular formula is C10H13IN4O2. The first kappa shape index (κ1) is 11.4. The van der Waals surface area contributed by atoms with E-state index < -0.39 is 0 Å². The Morgan fingerprint density at radius 1 is 1.65 bits per heavy atom. The topological polar surface area (TPSA) is 93.0 Å². The van der Waals surface area contributed by atoms with Crippen LogP contribution >= 0.6 is 22.6 Å². The minimum Gasteiger partial charge on any atom is -0.376 e. The van der Waals surface area contributed by atoms with Gasteiger partial charge in [0.05, 0.1) is 18.5 Å². The van der Waals surface area contributed by atoms with Gasteiger partial charge in [0.15, 0.2) is 0 Å². The molecule has 2 fully saturated rings. The van der Waals surface area contributed by atoms with Crippen LogP contribution in [0.5, 0.6) is 0 Å². The molecule has 0 aromatic carbocycles. The number of halogens is 1. The van der Waals surface area contributed by atoms with Gasteiger partial charge in [-0.2, -0.15) is 0 Å². The van der Waals surface area contributed by atoms with Gasteiger partial charge in [-0.15, -0.1) is 0 Å². The first-order chi connectivity index (χ1) is 8.18. The number of H-pyrrole nitrogens is 1. The van der Waals surface area contributed by atoms with Crippen LogP contribution in [-0.4, -0.2) is 34.8 Å². The van der Waals surface area contributed by atoms with Gasteiger partial charge in [-0.3, -0.25) is 4.79 Å². The summed E-state index contributed by atoms with van der Waals surface area (Å²) < 4.78 is 6.17. The van der Waals surface area contributed by atoms with Crippen LogP contribution in [0.25, 0.3) is 0 Å². The van der Waals surface area contributed by atoms with E-state index in [4.69, 9.17) is 10.5 Å². The highest BCUT2D eigenvalue weighted by Gasteiger charge is 2.52. The molecule has 7 heteroatoms. The predicted molar refractivity (Wildman–Crippen MR) is 70.8 cm³/mol. The average Bonchev–Trinajstić information content (AvgIpc) is 2.75. The highest BCUT2D eigenvalue weighted by atomic mass is 127. The van der Waals surface area contributed by atoms with Crippen molar-refractivity contribution in [3.05, 3.63) is 20.3 Å². The van der Waals surface area contributed by atoms with Gasteiger partial charge in [0.2, 0.25) is 0 Å². The minimum absolute atomic E-state index is 0.0605. The molecule has 1 aliphatic carbocycles. The molecule has 1 aliphatic heterocycles. The fraction of sp³-hybridized carbons (Fsp3) is 0.600. The summed E-state index contributed by atoms with van der Waals surface area (Å²) >= 11 is 1.98. The molecule has 0 radical (unpaired) electrons. The second-order valence-corrected chi connectivity index (χ2v) is 5.51. The van der Waals surface area contributed by atoms with Crippen molar-refractivity contribution in [3.63, 3.8) is 0 Å². The number of ether oxygens (including phenoxy) is 1. The Bertz CT molecular complexity index is 491. The maximum Gasteiger partial charge on any atom is 0.266 e. The molecule has 17 heavy (non-hydrogen) atoms. The third kappa shape index (κ3) is 1.76. The molecule has 6 nitrogen and oxygen atoms in total. The second kappa shape index (κ2) is 4.21. The molecule has 0 amide bonds. The van der Waals surface area contributed by atoms with E-state index in [-0.39, 0.29) is 23.7 Å². The fourth-order valence-corrected chi connectivity index (χ4v) is 3.02. The number of hydrogen-bond acceptors (Lipinski definition) is 5. The molecule has 0 spiro atoms. The molecular weight excluding hydrogens is 335 g/mol. The number of aromatic nitrogens is 2. The first-order valence-corrected chi connectivity index (χ1v) is 6.63. The van der Waals surface area contributed by atoms with Crippen molar-refractivity contribution in [1.82, 2.24) is 9.97 Å². The van der Waals surface area contributed by atoms with E-state index in [1.54, 1.807) is 0 Å². The number of hydrogen-bond donors (Lipinski definition) is 3. The van der Waals surface area contributed by atoms with Crippen LogP contribution in [0.4, 0.5) is 5.82 Å². The second-order valence-electron chi connectivity index (χ2n) is 4.43. The number of nitrogens with zero attached hydrogens (tertiary/aromatic N) is 1. The Labute approximate surface area is 111 Å². The minimum atomic E-state index is -0.139. The summed E-state index contributed by atoms with van der Waals surface area (Å²) in [5.41, 5.74) is 5.95. The Morgan fingerprint density at radius 2 is 2.47 bits per heavy atom. The Kier molecular flexibility index (Phi) is 2.83. The fourth-order valence-electron chi connectivity index (χ4n) is 2.57. The zero-order valence-corrected chi connectivity index (χ0v) is 11.2. The van der Waals surface area contributed by atoms with Crippen molar-refractivity contribution in [2.45, 2.75) is 24.6 Å². The van der Waals surface area contributed by atoms with Crippen molar-refractivity contribution >= 4 is 28.4 Å². The summed E-state index contributed by atoms with van der Waals surface area (Å²) in [6.45, 7) is 0.779. The quantitative estimate of drug-likeness (QED) is 0.649. The van der Waals surface area contributed by atoms with E-state index in [1.165, 1.54) is 6.33 Å². The molecule has 0 bridgehead atoms. The van der Waals surface area contributed by atoms with E-state index >= 15 is 0 Å². The molecule has 2 heterocycles.